The van der Waals surface area contributed by atoms with Gasteiger partial charge in [-0.3, -0.25) is 4.79 Å². The summed E-state index contributed by atoms with van der Waals surface area (Å²) in [5, 5.41) is 3.02. The van der Waals surface area contributed by atoms with E-state index in [0.29, 0.717) is 0 Å². The van der Waals surface area contributed by atoms with E-state index >= 15 is 0 Å². The first-order valence-electron chi connectivity index (χ1n) is 7.63. The molecule has 112 valence electrons. The largest absolute Gasteiger partial charge is 0.356 e. The van der Waals surface area contributed by atoms with E-state index in [-0.39, 0.29) is 11.8 Å². The lowest BCUT2D eigenvalue weighted by molar-refractivity contribution is -0.124. The van der Waals surface area contributed by atoms with E-state index in [2.05, 4.69) is 48.5 Å². The lowest BCUT2D eigenvalue weighted by Crippen LogP contribution is -2.31. The zero-order valence-corrected chi connectivity index (χ0v) is 13.1. The van der Waals surface area contributed by atoms with Gasteiger partial charge in [0.05, 0.1) is 0 Å². The summed E-state index contributed by atoms with van der Waals surface area (Å²) >= 11 is 0. The molecule has 0 heterocycles. The third kappa shape index (κ3) is 6.71. The van der Waals surface area contributed by atoms with Crippen LogP contribution in [0.2, 0.25) is 0 Å². The lowest BCUT2D eigenvalue weighted by atomic mass is 10.1. The first-order chi connectivity index (χ1) is 9.63. The number of rotatable bonds is 9. The van der Waals surface area contributed by atoms with Crippen LogP contribution in [-0.2, 0) is 11.3 Å². The number of benzene rings is 1. The normalized spacial score (nSPS) is 12.4. The van der Waals surface area contributed by atoms with Gasteiger partial charge in [-0.1, -0.05) is 50.6 Å². The number of nitrogens with one attached hydrogen (secondary N) is 1. The second-order valence-corrected chi connectivity index (χ2v) is 5.56. The van der Waals surface area contributed by atoms with Crippen LogP contribution in [0.25, 0.3) is 0 Å². The van der Waals surface area contributed by atoms with Crippen molar-refractivity contribution in [3.63, 3.8) is 0 Å². The Bertz CT molecular complexity index is 378. The summed E-state index contributed by atoms with van der Waals surface area (Å²) in [6.07, 6.45) is 3.03. The van der Waals surface area contributed by atoms with Crippen molar-refractivity contribution in [1.82, 2.24) is 10.2 Å². The number of hydrogen-bond acceptors (Lipinski definition) is 2. The molecule has 1 aromatic carbocycles. The summed E-state index contributed by atoms with van der Waals surface area (Å²) in [7, 11) is 2.12. The van der Waals surface area contributed by atoms with Crippen LogP contribution < -0.4 is 5.32 Å². The minimum Gasteiger partial charge on any atom is -0.356 e. The van der Waals surface area contributed by atoms with Crippen molar-refractivity contribution >= 4 is 5.91 Å². The Hall–Kier alpha value is -1.35. The van der Waals surface area contributed by atoms with Gasteiger partial charge < -0.3 is 10.2 Å². The third-order valence-corrected chi connectivity index (χ3v) is 3.48. The fourth-order valence-corrected chi connectivity index (χ4v) is 2.27. The molecule has 0 fully saturated rings. The van der Waals surface area contributed by atoms with E-state index in [1.54, 1.807) is 0 Å². The van der Waals surface area contributed by atoms with Gasteiger partial charge in [-0.05, 0) is 32.0 Å². The molecule has 1 aromatic rings. The molecule has 1 N–H and O–H groups in total. The van der Waals surface area contributed by atoms with Crippen molar-refractivity contribution in [3.05, 3.63) is 35.9 Å². The van der Waals surface area contributed by atoms with Gasteiger partial charge in [0.15, 0.2) is 0 Å². The summed E-state index contributed by atoms with van der Waals surface area (Å²) in [4.78, 5) is 14.0. The summed E-state index contributed by atoms with van der Waals surface area (Å²) in [6, 6.07) is 10.5. The van der Waals surface area contributed by atoms with Gasteiger partial charge in [-0.2, -0.15) is 0 Å². The molecule has 1 unspecified atom stereocenters. The van der Waals surface area contributed by atoms with E-state index < -0.39 is 0 Å². The molecule has 0 aliphatic heterocycles. The van der Waals surface area contributed by atoms with Crippen molar-refractivity contribution in [2.75, 3.05) is 20.1 Å². The molecular formula is C17H28N2O. The molecule has 0 aromatic heterocycles. The summed E-state index contributed by atoms with van der Waals surface area (Å²) in [6.45, 7) is 6.84. The highest BCUT2D eigenvalue weighted by molar-refractivity contribution is 5.78. The maximum Gasteiger partial charge on any atom is 0.222 e. The fourth-order valence-electron chi connectivity index (χ4n) is 2.27. The van der Waals surface area contributed by atoms with Crippen LogP contribution in [0.5, 0.6) is 0 Å². The SMILES string of the molecule is CCCC(C)C(=O)NCCCN(C)Cc1ccccc1. The molecule has 1 amide bonds. The number of carbonyl (C=O) groups excluding carboxylic acids is 1. The van der Waals surface area contributed by atoms with Crippen LogP contribution in [0.4, 0.5) is 0 Å². The van der Waals surface area contributed by atoms with E-state index in [1.807, 2.05) is 13.0 Å². The van der Waals surface area contributed by atoms with Crippen molar-refractivity contribution in [3.8, 4) is 0 Å². The van der Waals surface area contributed by atoms with Gasteiger partial charge in [0, 0.05) is 19.0 Å². The summed E-state index contributed by atoms with van der Waals surface area (Å²) in [5.74, 6) is 0.333. The Morgan fingerprint density at radius 1 is 1.30 bits per heavy atom. The minimum atomic E-state index is 0.141. The first-order valence-corrected chi connectivity index (χ1v) is 7.63. The molecule has 0 bridgehead atoms. The van der Waals surface area contributed by atoms with Crippen LogP contribution in [0.3, 0.4) is 0 Å². The van der Waals surface area contributed by atoms with Crippen molar-refractivity contribution in [2.45, 2.75) is 39.7 Å². The zero-order valence-electron chi connectivity index (χ0n) is 13.1. The van der Waals surface area contributed by atoms with Gasteiger partial charge in [0.2, 0.25) is 5.91 Å². The molecule has 0 aliphatic rings. The Kier molecular flexibility index (Phi) is 7.97. The minimum absolute atomic E-state index is 0.141. The Labute approximate surface area is 123 Å². The first kappa shape index (κ1) is 16.7. The van der Waals surface area contributed by atoms with Gasteiger partial charge >= 0.3 is 0 Å². The molecule has 0 saturated carbocycles. The standard InChI is InChI=1S/C17H28N2O/c1-4-9-15(2)17(20)18-12-8-13-19(3)14-16-10-6-5-7-11-16/h5-7,10-11,15H,4,8-9,12-14H2,1-3H3,(H,18,20). The monoisotopic (exact) mass is 276 g/mol. The molecule has 0 spiro atoms. The highest BCUT2D eigenvalue weighted by atomic mass is 16.1. The average Bonchev–Trinajstić information content (AvgIpc) is 2.44. The topological polar surface area (TPSA) is 32.3 Å². The van der Waals surface area contributed by atoms with E-state index in [9.17, 15) is 4.79 Å². The van der Waals surface area contributed by atoms with Crippen LogP contribution in [-0.4, -0.2) is 30.9 Å². The Balaban J connectivity index is 2.13. The van der Waals surface area contributed by atoms with Gasteiger partial charge in [-0.15, -0.1) is 0 Å². The van der Waals surface area contributed by atoms with Crippen molar-refractivity contribution in [1.29, 1.82) is 0 Å². The second kappa shape index (κ2) is 9.54. The highest BCUT2D eigenvalue weighted by Crippen LogP contribution is 2.05. The van der Waals surface area contributed by atoms with Crippen LogP contribution in [0.15, 0.2) is 30.3 Å². The molecule has 0 aliphatic carbocycles. The summed E-state index contributed by atoms with van der Waals surface area (Å²) < 4.78 is 0. The maximum atomic E-state index is 11.7. The van der Waals surface area contributed by atoms with E-state index in [1.165, 1.54) is 5.56 Å². The number of carbonyl (C=O) groups is 1. The maximum absolute atomic E-state index is 11.7. The van der Waals surface area contributed by atoms with Gasteiger partial charge in [0.25, 0.3) is 0 Å². The molecule has 1 atom stereocenters. The predicted molar refractivity (Wildman–Crippen MR) is 84.5 cm³/mol. The molecule has 0 radical (unpaired) electrons. The van der Waals surface area contributed by atoms with Gasteiger partial charge in [0.1, 0.15) is 0 Å². The molecule has 3 nitrogen and oxygen atoms in total. The third-order valence-electron chi connectivity index (χ3n) is 3.48. The van der Waals surface area contributed by atoms with Crippen molar-refractivity contribution < 1.29 is 4.79 Å². The van der Waals surface area contributed by atoms with E-state index in [0.717, 1.165) is 38.9 Å². The van der Waals surface area contributed by atoms with E-state index in [4.69, 9.17) is 0 Å². The van der Waals surface area contributed by atoms with Crippen LogP contribution in [0.1, 0.15) is 38.7 Å². The fraction of sp³-hybridized carbons (Fsp3) is 0.588. The molecule has 20 heavy (non-hydrogen) atoms. The van der Waals surface area contributed by atoms with Crippen LogP contribution in [0, 0.1) is 5.92 Å². The summed E-state index contributed by atoms with van der Waals surface area (Å²) in [5.41, 5.74) is 1.33. The molecular weight excluding hydrogens is 248 g/mol. The average molecular weight is 276 g/mol. The van der Waals surface area contributed by atoms with Crippen molar-refractivity contribution in [2.24, 2.45) is 5.92 Å². The quantitative estimate of drug-likeness (QED) is 0.703. The lowest BCUT2D eigenvalue weighted by Gasteiger charge is -2.17. The smallest absolute Gasteiger partial charge is 0.222 e. The molecule has 3 heteroatoms. The number of nitrogens with zero attached hydrogens (tertiary/aromatic N) is 1. The predicted octanol–water partition coefficient (Wildman–Crippen LogP) is 3.06. The second-order valence-electron chi connectivity index (χ2n) is 5.56. The molecule has 0 saturated heterocycles. The molecule has 1 rings (SSSR count). The zero-order chi connectivity index (χ0) is 14.8. The highest BCUT2D eigenvalue weighted by Gasteiger charge is 2.10. The number of hydrogen-bond donors (Lipinski definition) is 1. The number of amides is 1. The Morgan fingerprint density at radius 2 is 2.00 bits per heavy atom. The Morgan fingerprint density at radius 3 is 2.65 bits per heavy atom. The van der Waals surface area contributed by atoms with Crippen LogP contribution >= 0.6 is 0 Å². The van der Waals surface area contributed by atoms with Gasteiger partial charge in [-0.25, -0.2) is 0 Å².